The number of aliphatic carboxylic acids is 1. The first-order chi connectivity index (χ1) is 31.9. The van der Waals surface area contributed by atoms with Gasteiger partial charge in [-0.1, -0.05) is 26.8 Å². The number of hydrogen-bond acceptors (Lipinski definition) is 17. The van der Waals surface area contributed by atoms with Gasteiger partial charge in [0.1, 0.15) is 34.7 Å². The van der Waals surface area contributed by atoms with E-state index in [2.05, 4.69) is 20.8 Å². The number of carbonyl (C=O) groups is 1. The van der Waals surface area contributed by atoms with Gasteiger partial charge in [-0.15, -0.1) is 0 Å². The molecule has 0 spiro atoms. The van der Waals surface area contributed by atoms with Crippen LogP contribution in [0.4, 0.5) is 5.69 Å². The van der Waals surface area contributed by atoms with Gasteiger partial charge in [0, 0.05) is 52.9 Å². The van der Waals surface area contributed by atoms with Crippen LogP contribution in [0, 0.1) is 0 Å². The average Bonchev–Trinajstić information content (AvgIpc) is 3.46. The first-order valence-electron chi connectivity index (χ1n) is 22.3. The van der Waals surface area contributed by atoms with Crippen LogP contribution in [0.5, 0.6) is 0 Å². The van der Waals surface area contributed by atoms with E-state index >= 15 is 0 Å². The largest absolute Gasteiger partial charge is 0.748 e. The molecule has 1 aliphatic carbocycles. The van der Waals surface area contributed by atoms with E-state index in [-0.39, 0.29) is 70.7 Å². The van der Waals surface area contributed by atoms with Gasteiger partial charge in [-0.2, -0.15) is 0 Å². The number of rotatable bonds is 30. The smallest absolute Gasteiger partial charge is 0.305 e. The van der Waals surface area contributed by atoms with E-state index in [0.717, 1.165) is 16.5 Å². The van der Waals surface area contributed by atoms with E-state index in [9.17, 15) is 43.7 Å². The van der Waals surface area contributed by atoms with E-state index in [1.54, 1.807) is 25.2 Å². The van der Waals surface area contributed by atoms with Gasteiger partial charge in [0.05, 0.1) is 104 Å². The molecular weight excluding hydrogens is 949 g/mol. The molecule has 68 heavy (non-hydrogen) atoms. The quantitative estimate of drug-likeness (QED) is 0.0564. The third-order valence-electron chi connectivity index (χ3n) is 11.1. The Kier molecular flexibility index (Phi) is 21.4. The lowest BCUT2D eigenvalue weighted by Gasteiger charge is -2.30. The molecule has 1 N–H and O–H groups in total. The maximum atomic E-state index is 12.3. The van der Waals surface area contributed by atoms with E-state index in [0.29, 0.717) is 74.6 Å². The molecule has 19 nitrogen and oxygen atoms in total. The minimum Gasteiger partial charge on any atom is -0.748 e. The summed E-state index contributed by atoms with van der Waals surface area (Å²) in [4.78, 5) is 12.0. The van der Waals surface area contributed by atoms with E-state index in [1.165, 1.54) is 18.2 Å². The molecule has 1 atom stereocenters. The molecule has 380 valence electrons. The van der Waals surface area contributed by atoms with Gasteiger partial charge in [-0.05, 0) is 85.7 Å². The predicted octanol–water partition coefficient (Wildman–Crippen LogP) is 3.87. The number of benzene rings is 2. The zero-order chi connectivity index (χ0) is 50.2. The molecule has 0 saturated heterocycles. The van der Waals surface area contributed by atoms with Crippen molar-refractivity contribution in [3.05, 3.63) is 82.6 Å². The van der Waals surface area contributed by atoms with Crippen LogP contribution >= 0.6 is 0 Å². The summed E-state index contributed by atoms with van der Waals surface area (Å²) in [5.41, 5.74) is 2.11. The first-order valence-corrected chi connectivity index (χ1v) is 26.9. The van der Waals surface area contributed by atoms with Crippen LogP contribution in [0.25, 0.3) is 17.4 Å². The van der Waals surface area contributed by atoms with Crippen LogP contribution in [0.15, 0.2) is 69.6 Å². The number of hydrogen-bond donors (Lipinski definition) is 1. The maximum absolute atomic E-state index is 12.3. The number of nitrogens with zero attached hydrogens (tertiary/aromatic N) is 2. The number of anilines is 1. The predicted molar refractivity (Wildman–Crippen MR) is 250 cm³/mol. The Bertz CT molecular complexity index is 2580. The average molecular weight is 1010 g/mol. The molecule has 0 radical (unpaired) electrons. The van der Waals surface area contributed by atoms with Gasteiger partial charge >= 0.3 is 5.97 Å². The number of ether oxygens (including phenoxy) is 5. The highest BCUT2D eigenvalue weighted by Gasteiger charge is 2.43. The first kappa shape index (κ1) is 56.5. The highest BCUT2D eigenvalue weighted by atomic mass is 32.2. The SMILES string of the molecule is CC[N+](CCCS(=O)(=O)[O-])=c1ccc2c(C(C)(C)C)cc(/C=C/C=C3/N(CCOCCOCCOCCOCCOCCC(=O)O)c4ccc(S(=O)(=O)[O-])cc4C3(C)CCCS(=O)(=O)[O-])oc-2c1. The summed E-state index contributed by atoms with van der Waals surface area (Å²) in [6, 6.07) is 11.7. The van der Waals surface area contributed by atoms with Crippen molar-refractivity contribution < 1.29 is 76.9 Å². The van der Waals surface area contributed by atoms with Crippen molar-refractivity contribution in [3.8, 4) is 11.3 Å². The summed E-state index contributed by atoms with van der Waals surface area (Å²) in [6.45, 7) is 13.8. The number of carboxylic acid groups (broad SMARTS) is 1. The summed E-state index contributed by atoms with van der Waals surface area (Å²) in [5, 5.41) is 9.40. The van der Waals surface area contributed by atoms with Gasteiger partial charge < -0.3 is 51.8 Å². The Balaban J connectivity index is 1.56. The van der Waals surface area contributed by atoms with Crippen molar-refractivity contribution in [3.63, 3.8) is 0 Å². The van der Waals surface area contributed by atoms with Crippen LogP contribution < -0.4 is 14.8 Å². The Morgan fingerprint density at radius 1 is 0.794 bits per heavy atom. The lowest BCUT2D eigenvalue weighted by molar-refractivity contribution is -0.138. The van der Waals surface area contributed by atoms with Gasteiger partial charge in [-0.3, -0.25) is 4.79 Å². The van der Waals surface area contributed by atoms with E-state index < -0.39 is 58.1 Å². The fourth-order valence-corrected chi connectivity index (χ4v) is 9.30. The fraction of sp³-hybridized carbons (Fsp3) is 0.565. The molecule has 3 aliphatic rings. The second-order valence-corrected chi connectivity index (χ2v) is 21.7. The fourth-order valence-electron chi connectivity index (χ4n) is 7.82. The van der Waals surface area contributed by atoms with Gasteiger partial charge in [0.15, 0.2) is 0 Å². The molecule has 2 heterocycles. The molecular formula is C46H64N2O17S3-2. The number of allylic oxidation sites excluding steroid dienone is 3. The summed E-state index contributed by atoms with van der Waals surface area (Å²) in [7, 11) is -13.8. The highest BCUT2D eigenvalue weighted by molar-refractivity contribution is 7.86. The standard InChI is InChI=1S/C46H66N2O17S3/c1-6-47(18-9-31-67(54,55)56)35-12-14-38-39(45(2,3)4)33-36(65-42(38)32-35)10-7-11-43-46(5,17-8-30-66(51,52)53)40-34-37(68(57,58)59)13-15-41(40)48(43)19-21-61-23-25-63-27-29-64-28-26-62-24-22-60-20-16-44(49)50/h7,10-15,32-34H,6,8-9,16-31H2,1-5H3,(H3-,49,50,51,52,53,54,55,56,57,58,59)/p-2. The molecule has 1 aromatic rings. The highest BCUT2D eigenvalue weighted by Crippen LogP contribution is 2.51. The Morgan fingerprint density at radius 3 is 1.91 bits per heavy atom. The minimum atomic E-state index is -4.88. The molecule has 4 rings (SSSR count). The maximum Gasteiger partial charge on any atom is 0.305 e. The third kappa shape index (κ3) is 18.0. The van der Waals surface area contributed by atoms with Crippen molar-refractivity contribution in [2.45, 2.75) is 76.0 Å². The van der Waals surface area contributed by atoms with Crippen LogP contribution in [0.3, 0.4) is 0 Å². The van der Waals surface area contributed by atoms with Crippen molar-refractivity contribution in [1.82, 2.24) is 4.58 Å². The Labute approximate surface area is 400 Å². The zero-order valence-corrected chi connectivity index (χ0v) is 41.8. The van der Waals surface area contributed by atoms with E-state index in [4.69, 9.17) is 33.2 Å². The normalized spacial score (nSPS) is 16.9. The van der Waals surface area contributed by atoms with Crippen LogP contribution in [-0.2, 0) is 69.7 Å². The molecule has 2 aliphatic heterocycles. The lowest BCUT2D eigenvalue weighted by atomic mass is 9.77. The second-order valence-electron chi connectivity index (χ2n) is 17.3. The zero-order valence-electron chi connectivity index (χ0n) is 39.3. The topological polar surface area (TPSA) is 274 Å². The molecule has 1 aromatic carbocycles. The van der Waals surface area contributed by atoms with Crippen LogP contribution in [0.2, 0.25) is 0 Å². The number of fused-ring (bicyclic) bond motifs is 2. The monoisotopic (exact) mass is 1010 g/mol. The Hall–Kier alpha value is -4.07. The molecule has 0 amide bonds. The summed E-state index contributed by atoms with van der Waals surface area (Å²) in [5.74, 6) is -1.01. The van der Waals surface area contributed by atoms with Crippen molar-refractivity contribution in [2.75, 3.05) is 102 Å². The van der Waals surface area contributed by atoms with Gasteiger partial charge in [-0.25, -0.2) is 29.8 Å². The van der Waals surface area contributed by atoms with E-state index in [1.807, 2.05) is 40.7 Å². The summed E-state index contributed by atoms with van der Waals surface area (Å²) in [6.07, 6.45) is 5.47. The van der Waals surface area contributed by atoms with Gasteiger partial charge in [0.2, 0.25) is 5.36 Å². The minimum absolute atomic E-state index is 0.0560. The molecule has 0 fully saturated rings. The molecule has 0 aromatic heterocycles. The second kappa shape index (κ2) is 25.7. The lowest BCUT2D eigenvalue weighted by Crippen LogP contribution is -2.31. The van der Waals surface area contributed by atoms with Crippen molar-refractivity contribution in [2.24, 2.45) is 0 Å². The molecule has 1 unspecified atom stereocenters. The summed E-state index contributed by atoms with van der Waals surface area (Å²) >= 11 is 0. The number of carboxylic acids is 1. The van der Waals surface area contributed by atoms with Crippen molar-refractivity contribution >= 4 is 48.1 Å². The van der Waals surface area contributed by atoms with Crippen LogP contribution in [0.1, 0.15) is 77.2 Å². The molecule has 0 saturated carbocycles. The third-order valence-corrected chi connectivity index (χ3v) is 13.5. The van der Waals surface area contributed by atoms with Crippen LogP contribution in [-0.4, -0.2) is 147 Å². The molecule has 0 bridgehead atoms. The Morgan fingerprint density at radius 2 is 1.37 bits per heavy atom. The summed E-state index contributed by atoms with van der Waals surface area (Å²) < 4.78 is 142. The van der Waals surface area contributed by atoms with Gasteiger partial charge in [0.25, 0.3) is 0 Å². The van der Waals surface area contributed by atoms with Crippen molar-refractivity contribution in [1.29, 1.82) is 0 Å². The molecule has 22 heteroatoms.